The summed E-state index contributed by atoms with van der Waals surface area (Å²) in [6, 6.07) is 9.26. The number of aryl methyl sites for hydroxylation is 1. The van der Waals surface area contributed by atoms with Crippen LogP contribution >= 0.6 is 0 Å². The quantitative estimate of drug-likeness (QED) is 0.943. The van der Waals surface area contributed by atoms with E-state index in [9.17, 15) is 9.90 Å². The zero-order valence-electron chi connectivity index (χ0n) is 12.9. The number of aromatic nitrogens is 1. The third kappa shape index (κ3) is 3.02. The van der Waals surface area contributed by atoms with E-state index in [2.05, 4.69) is 16.0 Å². The van der Waals surface area contributed by atoms with Gasteiger partial charge in [0.2, 0.25) is 0 Å². The molecule has 1 aromatic carbocycles. The monoisotopic (exact) mass is 307 g/mol. The normalized spacial score (nSPS) is 17.0. The number of benzene rings is 1. The van der Waals surface area contributed by atoms with Crippen LogP contribution in [-0.4, -0.2) is 29.1 Å². The number of nitriles is 1. The van der Waals surface area contributed by atoms with Gasteiger partial charge in [0.25, 0.3) is 0 Å². The Hall–Kier alpha value is -2.87. The van der Waals surface area contributed by atoms with Crippen LogP contribution in [0.4, 0.5) is 5.69 Å². The number of hydrogen-bond acceptors (Lipinski definition) is 4. The van der Waals surface area contributed by atoms with Gasteiger partial charge in [-0.25, -0.2) is 4.79 Å². The molecule has 0 unspecified atom stereocenters. The first kappa shape index (κ1) is 15.0. The van der Waals surface area contributed by atoms with Crippen molar-refractivity contribution in [2.45, 2.75) is 19.3 Å². The van der Waals surface area contributed by atoms with Crippen molar-refractivity contribution in [2.75, 3.05) is 18.0 Å². The maximum absolute atomic E-state index is 11.2. The summed E-state index contributed by atoms with van der Waals surface area (Å²) in [6.07, 6.45) is 4.28. The van der Waals surface area contributed by atoms with Crippen molar-refractivity contribution in [3.8, 4) is 6.07 Å². The topological polar surface area (TPSA) is 77.2 Å². The van der Waals surface area contributed by atoms with Crippen LogP contribution < -0.4 is 4.90 Å². The fraction of sp³-hybridized carbons (Fsp3) is 0.278. The predicted molar refractivity (Wildman–Crippen MR) is 86.7 cm³/mol. The number of aromatic carboxylic acids is 1. The van der Waals surface area contributed by atoms with Crippen molar-refractivity contribution in [1.82, 2.24) is 4.98 Å². The number of nitrogens with zero attached hydrogens (tertiary/aromatic N) is 3. The summed E-state index contributed by atoms with van der Waals surface area (Å²) < 4.78 is 0. The molecule has 1 saturated heterocycles. The number of carboxylic acid groups (broad SMARTS) is 1. The standard InChI is InChI=1S/C18H17N3O2/c1-12-2-3-14(18(22)23)7-17(12)15-4-5-21(11-15)16-6-13(8-19)9-20-10-16/h2-3,6-7,9-10,15H,4-5,11H2,1H3,(H,22,23)/t15-/m1/s1. The molecule has 0 aliphatic carbocycles. The van der Waals surface area contributed by atoms with Crippen LogP contribution in [0.25, 0.3) is 0 Å². The fourth-order valence-electron chi connectivity index (χ4n) is 3.12. The minimum absolute atomic E-state index is 0.292. The molecule has 0 radical (unpaired) electrons. The van der Waals surface area contributed by atoms with E-state index in [0.717, 1.165) is 36.3 Å². The van der Waals surface area contributed by atoms with Gasteiger partial charge in [-0.05, 0) is 42.7 Å². The summed E-state index contributed by atoms with van der Waals surface area (Å²) in [6.45, 7) is 3.69. The van der Waals surface area contributed by atoms with Gasteiger partial charge in [-0.2, -0.15) is 5.26 Å². The van der Waals surface area contributed by atoms with Crippen molar-refractivity contribution in [1.29, 1.82) is 5.26 Å². The van der Waals surface area contributed by atoms with Gasteiger partial charge < -0.3 is 10.0 Å². The number of hydrogen-bond donors (Lipinski definition) is 1. The lowest BCUT2D eigenvalue weighted by molar-refractivity contribution is 0.0696. The number of rotatable bonds is 3. The molecule has 0 spiro atoms. The zero-order valence-corrected chi connectivity index (χ0v) is 12.9. The van der Waals surface area contributed by atoms with E-state index in [1.54, 1.807) is 24.5 Å². The summed E-state index contributed by atoms with van der Waals surface area (Å²) in [4.78, 5) is 17.5. The van der Waals surface area contributed by atoms with Crippen molar-refractivity contribution >= 4 is 11.7 Å². The molecule has 2 aromatic rings. The van der Waals surface area contributed by atoms with Gasteiger partial charge in [-0.1, -0.05) is 6.07 Å². The zero-order chi connectivity index (χ0) is 16.4. The first-order valence-corrected chi connectivity index (χ1v) is 7.52. The van der Waals surface area contributed by atoms with Gasteiger partial charge >= 0.3 is 5.97 Å². The molecule has 0 saturated carbocycles. The second-order valence-corrected chi connectivity index (χ2v) is 5.85. The maximum atomic E-state index is 11.2. The van der Waals surface area contributed by atoms with Crippen molar-refractivity contribution < 1.29 is 9.90 Å². The molecule has 0 bridgehead atoms. The molecule has 1 aliphatic rings. The second-order valence-electron chi connectivity index (χ2n) is 5.85. The molecule has 1 aromatic heterocycles. The highest BCUT2D eigenvalue weighted by molar-refractivity contribution is 5.88. The minimum Gasteiger partial charge on any atom is -0.478 e. The Morgan fingerprint density at radius 2 is 2.22 bits per heavy atom. The summed E-state index contributed by atoms with van der Waals surface area (Å²) in [5.74, 6) is -0.605. The number of pyridine rings is 1. The largest absolute Gasteiger partial charge is 0.478 e. The Kier molecular flexibility index (Phi) is 3.98. The maximum Gasteiger partial charge on any atom is 0.335 e. The Morgan fingerprint density at radius 3 is 2.96 bits per heavy atom. The molecular formula is C18H17N3O2. The molecule has 5 nitrogen and oxygen atoms in total. The molecule has 1 aliphatic heterocycles. The molecule has 3 rings (SSSR count). The Labute approximate surface area is 134 Å². The molecule has 1 N–H and O–H groups in total. The average molecular weight is 307 g/mol. The molecule has 2 heterocycles. The predicted octanol–water partition coefficient (Wildman–Crippen LogP) is 2.95. The second kappa shape index (κ2) is 6.09. The van der Waals surface area contributed by atoms with Crippen LogP contribution in [0.2, 0.25) is 0 Å². The highest BCUT2D eigenvalue weighted by Crippen LogP contribution is 2.32. The van der Waals surface area contributed by atoms with Gasteiger partial charge in [0, 0.05) is 25.2 Å². The van der Waals surface area contributed by atoms with E-state index < -0.39 is 5.97 Å². The van der Waals surface area contributed by atoms with Crippen LogP contribution in [0.1, 0.15) is 39.4 Å². The summed E-state index contributed by atoms with van der Waals surface area (Å²) in [5.41, 5.74) is 4.04. The van der Waals surface area contributed by atoms with Gasteiger partial charge in [0.15, 0.2) is 0 Å². The first-order valence-electron chi connectivity index (χ1n) is 7.52. The number of carbonyl (C=O) groups is 1. The molecule has 1 atom stereocenters. The van der Waals surface area contributed by atoms with Crippen molar-refractivity contribution in [2.24, 2.45) is 0 Å². The van der Waals surface area contributed by atoms with E-state index in [4.69, 9.17) is 5.26 Å². The summed E-state index contributed by atoms with van der Waals surface area (Å²) in [5, 5.41) is 18.2. The fourth-order valence-corrected chi connectivity index (χ4v) is 3.12. The molecule has 5 heteroatoms. The molecule has 1 fully saturated rings. The lowest BCUT2D eigenvalue weighted by Crippen LogP contribution is -2.19. The van der Waals surface area contributed by atoms with Crippen LogP contribution in [0.15, 0.2) is 36.7 Å². The van der Waals surface area contributed by atoms with E-state index in [-0.39, 0.29) is 0 Å². The first-order chi connectivity index (χ1) is 11.1. The lowest BCUT2D eigenvalue weighted by Gasteiger charge is -2.19. The van der Waals surface area contributed by atoms with Crippen LogP contribution in [0.5, 0.6) is 0 Å². The average Bonchev–Trinajstić information content (AvgIpc) is 3.05. The smallest absolute Gasteiger partial charge is 0.335 e. The van der Waals surface area contributed by atoms with Crippen molar-refractivity contribution in [3.05, 3.63) is 58.9 Å². The summed E-state index contributed by atoms with van der Waals surface area (Å²) in [7, 11) is 0. The Morgan fingerprint density at radius 1 is 1.39 bits per heavy atom. The Balaban J connectivity index is 1.84. The third-order valence-electron chi connectivity index (χ3n) is 4.37. The van der Waals surface area contributed by atoms with Gasteiger partial charge in [0.1, 0.15) is 6.07 Å². The number of anilines is 1. The summed E-state index contributed by atoms with van der Waals surface area (Å²) >= 11 is 0. The highest BCUT2D eigenvalue weighted by atomic mass is 16.4. The molecule has 23 heavy (non-hydrogen) atoms. The van der Waals surface area contributed by atoms with Gasteiger partial charge in [-0.15, -0.1) is 0 Å². The van der Waals surface area contributed by atoms with Crippen LogP contribution in [0, 0.1) is 18.3 Å². The van der Waals surface area contributed by atoms with E-state index >= 15 is 0 Å². The van der Waals surface area contributed by atoms with E-state index in [1.165, 1.54) is 0 Å². The van der Waals surface area contributed by atoms with Crippen LogP contribution in [-0.2, 0) is 0 Å². The lowest BCUT2D eigenvalue weighted by atomic mass is 9.92. The number of carboxylic acids is 1. The van der Waals surface area contributed by atoms with Gasteiger partial charge in [0.05, 0.1) is 23.0 Å². The molecule has 116 valence electrons. The minimum atomic E-state index is -0.896. The third-order valence-corrected chi connectivity index (χ3v) is 4.37. The Bertz CT molecular complexity index is 795. The van der Waals surface area contributed by atoms with Crippen molar-refractivity contribution in [3.63, 3.8) is 0 Å². The SMILES string of the molecule is Cc1ccc(C(=O)O)cc1[C@@H]1CCN(c2cncc(C#N)c2)C1. The molecular weight excluding hydrogens is 290 g/mol. The van der Waals surface area contributed by atoms with Gasteiger partial charge in [-0.3, -0.25) is 4.98 Å². The van der Waals surface area contributed by atoms with E-state index in [1.807, 2.05) is 19.1 Å². The highest BCUT2D eigenvalue weighted by Gasteiger charge is 2.26. The van der Waals surface area contributed by atoms with E-state index in [0.29, 0.717) is 17.0 Å². The molecule has 0 amide bonds. The van der Waals surface area contributed by atoms with Crippen LogP contribution in [0.3, 0.4) is 0 Å².